The molecule has 1 amide bonds. The number of nitrogens with one attached hydrogen (secondary N) is 1. The van der Waals surface area contributed by atoms with E-state index < -0.39 is 24.5 Å². The zero-order valence-electron chi connectivity index (χ0n) is 10.5. The number of benzene rings is 1. The minimum Gasteiger partial charge on any atom is -0.467 e. The number of aryl methyl sites for hydroxylation is 1. The van der Waals surface area contributed by atoms with Crippen molar-refractivity contribution in [1.82, 2.24) is 5.32 Å². The fourth-order valence-corrected chi connectivity index (χ4v) is 1.65. The van der Waals surface area contributed by atoms with Gasteiger partial charge in [-0.1, -0.05) is 29.8 Å². The van der Waals surface area contributed by atoms with E-state index in [0.717, 1.165) is 11.1 Å². The van der Waals surface area contributed by atoms with Crippen molar-refractivity contribution in [3.8, 4) is 0 Å². The number of ether oxygens (including phenoxy) is 1. The van der Waals surface area contributed by atoms with Gasteiger partial charge in [-0.05, 0) is 12.5 Å². The summed E-state index contributed by atoms with van der Waals surface area (Å²) < 4.78 is 4.62. The third kappa shape index (κ3) is 4.18. The minimum absolute atomic E-state index is 0.333. The van der Waals surface area contributed by atoms with Crippen LogP contribution in [0.15, 0.2) is 24.3 Å². The first kappa shape index (κ1) is 14.2. The Bertz CT molecular complexity index is 431. The van der Waals surface area contributed by atoms with Crippen LogP contribution in [0.5, 0.6) is 0 Å². The topological polar surface area (TPSA) is 75.6 Å². The largest absolute Gasteiger partial charge is 0.467 e. The first-order valence-electron chi connectivity index (χ1n) is 5.60. The lowest BCUT2D eigenvalue weighted by atomic mass is 10.0. The fourth-order valence-electron chi connectivity index (χ4n) is 1.65. The monoisotopic (exact) mass is 251 g/mol. The van der Waals surface area contributed by atoms with Crippen LogP contribution >= 0.6 is 0 Å². The molecule has 0 spiro atoms. The van der Waals surface area contributed by atoms with Crippen molar-refractivity contribution >= 4 is 11.9 Å². The maximum absolute atomic E-state index is 11.5. The summed E-state index contributed by atoms with van der Waals surface area (Å²) >= 11 is 0. The number of hydrogen-bond donors (Lipinski definition) is 2. The first-order valence-corrected chi connectivity index (χ1v) is 5.60. The van der Waals surface area contributed by atoms with Gasteiger partial charge in [0.1, 0.15) is 12.6 Å². The summed E-state index contributed by atoms with van der Waals surface area (Å²) in [6.45, 7) is 1.30. The Morgan fingerprint density at radius 3 is 2.72 bits per heavy atom. The summed E-state index contributed by atoms with van der Waals surface area (Å²) in [5.74, 6) is -1.13. The molecule has 0 bridgehead atoms. The molecule has 0 aliphatic carbocycles. The molecule has 1 aromatic rings. The van der Waals surface area contributed by atoms with E-state index in [2.05, 4.69) is 10.1 Å². The molecule has 1 rings (SSSR count). The molecule has 0 aromatic heterocycles. The van der Waals surface area contributed by atoms with Gasteiger partial charge in [-0.25, -0.2) is 4.79 Å². The van der Waals surface area contributed by atoms with Crippen LogP contribution in [0.1, 0.15) is 11.1 Å². The van der Waals surface area contributed by atoms with Crippen molar-refractivity contribution in [2.24, 2.45) is 0 Å². The Balaban J connectivity index is 2.78. The summed E-state index contributed by atoms with van der Waals surface area (Å²) in [4.78, 5) is 22.7. The van der Waals surface area contributed by atoms with Gasteiger partial charge in [0, 0.05) is 6.42 Å². The molecule has 0 aliphatic rings. The molecule has 5 heteroatoms. The quantitative estimate of drug-likeness (QED) is 0.732. The van der Waals surface area contributed by atoms with E-state index in [1.807, 2.05) is 31.2 Å². The van der Waals surface area contributed by atoms with Gasteiger partial charge in [-0.3, -0.25) is 4.79 Å². The van der Waals surface area contributed by atoms with Crippen LogP contribution < -0.4 is 5.32 Å². The third-order valence-corrected chi connectivity index (χ3v) is 2.49. The molecule has 0 unspecified atom stereocenters. The molecular weight excluding hydrogens is 234 g/mol. The molecule has 1 atom stereocenters. The predicted molar refractivity (Wildman–Crippen MR) is 65.9 cm³/mol. The van der Waals surface area contributed by atoms with Gasteiger partial charge in [-0.2, -0.15) is 0 Å². The summed E-state index contributed by atoms with van der Waals surface area (Å²) in [7, 11) is 1.26. The van der Waals surface area contributed by atoms with Crippen molar-refractivity contribution in [2.75, 3.05) is 13.7 Å². The van der Waals surface area contributed by atoms with E-state index in [-0.39, 0.29) is 0 Å². The summed E-state index contributed by atoms with van der Waals surface area (Å²) in [5.41, 5.74) is 1.99. The van der Waals surface area contributed by atoms with Crippen molar-refractivity contribution in [1.29, 1.82) is 0 Å². The molecule has 1 aromatic carbocycles. The van der Waals surface area contributed by atoms with Crippen molar-refractivity contribution < 1.29 is 19.4 Å². The Labute approximate surface area is 106 Å². The minimum atomic E-state index is -0.781. The average Bonchev–Trinajstić information content (AvgIpc) is 2.36. The summed E-state index contributed by atoms with van der Waals surface area (Å²) in [5, 5.41) is 11.1. The SMILES string of the molecule is COC(=O)[C@@H](Cc1cccc(C)c1)NC(=O)CO. The molecular formula is C13H17NO4. The Hall–Kier alpha value is -1.88. The second-order valence-corrected chi connectivity index (χ2v) is 3.99. The van der Waals surface area contributed by atoms with Gasteiger partial charge in [0.25, 0.3) is 0 Å². The smallest absolute Gasteiger partial charge is 0.328 e. The van der Waals surface area contributed by atoms with E-state index in [0.29, 0.717) is 6.42 Å². The molecule has 18 heavy (non-hydrogen) atoms. The normalized spacial score (nSPS) is 11.7. The lowest BCUT2D eigenvalue weighted by Crippen LogP contribution is -2.44. The van der Waals surface area contributed by atoms with E-state index in [9.17, 15) is 9.59 Å². The second kappa shape index (κ2) is 6.76. The molecule has 0 saturated carbocycles. The molecule has 0 saturated heterocycles. The number of amides is 1. The van der Waals surface area contributed by atoms with Gasteiger partial charge in [-0.15, -0.1) is 0 Å². The highest BCUT2D eigenvalue weighted by molar-refractivity contribution is 5.85. The standard InChI is InChI=1S/C13H17NO4/c1-9-4-3-5-10(6-9)7-11(13(17)18-2)14-12(16)8-15/h3-6,11,15H,7-8H2,1-2H3,(H,14,16)/t11-/m1/s1. The maximum atomic E-state index is 11.5. The van der Waals surface area contributed by atoms with E-state index in [4.69, 9.17) is 5.11 Å². The molecule has 0 heterocycles. The van der Waals surface area contributed by atoms with Crippen LogP contribution in [0, 0.1) is 6.92 Å². The van der Waals surface area contributed by atoms with Crippen molar-refractivity contribution in [3.05, 3.63) is 35.4 Å². The zero-order chi connectivity index (χ0) is 13.5. The number of esters is 1. The number of hydrogen-bond acceptors (Lipinski definition) is 4. The van der Waals surface area contributed by atoms with Gasteiger partial charge in [0.15, 0.2) is 0 Å². The maximum Gasteiger partial charge on any atom is 0.328 e. The molecule has 0 radical (unpaired) electrons. The van der Waals surface area contributed by atoms with E-state index in [1.54, 1.807) is 0 Å². The molecule has 0 aliphatic heterocycles. The van der Waals surface area contributed by atoms with Crippen LogP contribution in [0.25, 0.3) is 0 Å². The fraction of sp³-hybridized carbons (Fsp3) is 0.385. The Morgan fingerprint density at radius 1 is 1.44 bits per heavy atom. The van der Waals surface area contributed by atoms with Crippen LogP contribution in [0.3, 0.4) is 0 Å². The van der Waals surface area contributed by atoms with Crippen molar-refractivity contribution in [2.45, 2.75) is 19.4 Å². The number of methoxy groups -OCH3 is 1. The van der Waals surface area contributed by atoms with Crippen LogP contribution in [-0.2, 0) is 20.7 Å². The van der Waals surface area contributed by atoms with E-state index in [1.165, 1.54) is 7.11 Å². The van der Waals surface area contributed by atoms with Gasteiger partial charge in [0.05, 0.1) is 7.11 Å². The highest BCUT2D eigenvalue weighted by Crippen LogP contribution is 2.07. The first-order chi connectivity index (χ1) is 8.56. The van der Waals surface area contributed by atoms with Crippen LogP contribution in [-0.4, -0.2) is 36.7 Å². The van der Waals surface area contributed by atoms with E-state index >= 15 is 0 Å². The Kier molecular flexibility index (Phi) is 5.32. The lowest BCUT2D eigenvalue weighted by Gasteiger charge is -2.16. The van der Waals surface area contributed by atoms with Gasteiger partial charge >= 0.3 is 5.97 Å². The van der Waals surface area contributed by atoms with Crippen molar-refractivity contribution in [3.63, 3.8) is 0 Å². The molecule has 0 fully saturated rings. The zero-order valence-corrected chi connectivity index (χ0v) is 10.5. The van der Waals surface area contributed by atoms with Crippen LogP contribution in [0.4, 0.5) is 0 Å². The molecule has 2 N–H and O–H groups in total. The highest BCUT2D eigenvalue weighted by Gasteiger charge is 2.21. The lowest BCUT2D eigenvalue weighted by molar-refractivity contribution is -0.145. The predicted octanol–water partition coefficient (Wildman–Crippen LogP) is 0.188. The number of rotatable bonds is 5. The summed E-state index contributed by atoms with van der Waals surface area (Å²) in [6, 6.07) is 6.85. The van der Waals surface area contributed by atoms with Crippen LogP contribution in [0.2, 0.25) is 0 Å². The Morgan fingerprint density at radius 2 is 2.17 bits per heavy atom. The number of carbonyl (C=O) groups is 2. The average molecular weight is 251 g/mol. The third-order valence-electron chi connectivity index (χ3n) is 2.49. The second-order valence-electron chi connectivity index (χ2n) is 3.99. The highest BCUT2D eigenvalue weighted by atomic mass is 16.5. The number of aliphatic hydroxyl groups excluding tert-OH is 1. The molecule has 98 valence electrons. The number of aliphatic hydroxyl groups is 1. The van der Waals surface area contributed by atoms with Gasteiger partial charge < -0.3 is 15.2 Å². The molecule has 5 nitrogen and oxygen atoms in total. The summed E-state index contributed by atoms with van der Waals surface area (Å²) in [6.07, 6.45) is 0.333. The van der Waals surface area contributed by atoms with Gasteiger partial charge in [0.2, 0.25) is 5.91 Å². The number of carbonyl (C=O) groups excluding carboxylic acids is 2.